The fourth-order valence-electron chi connectivity index (χ4n) is 2.99. The van der Waals surface area contributed by atoms with Gasteiger partial charge in [-0.2, -0.15) is 0 Å². The van der Waals surface area contributed by atoms with Gasteiger partial charge in [0.2, 0.25) is 5.91 Å². The summed E-state index contributed by atoms with van der Waals surface area (Å²) in [5, 5.41) is 2.94. The molecule has 1 amide bonds. The lowest BCUT2D eigenvalue weighted by atomic mass is 9.82. The highest BCUT2D eigenvalue weighted by Gasteiger charge is 2.41. The monoisotopic (exact) mass is 344 g/mol. The van der Waals surface area contributed by atoms with Crippen molar-refractivity contribution < 1.29 is 23.8 Å². The van der Waals surface area contributed by atoms with E-state index in [0.29, 0.717) is 19.6 Å². The summed E-state index contributed by atoms with van der Waals surface area (Å²) < 4.78 is 16.4. The first kappa shape index (κ1) is 20.9. The number of hydrogen-bond acceptors (Lipinski definition) is 6. The fourth-order valence-corrected chi connectivity index (χ4v) is 2.99. The van der Waals surface area contributed by atoms with Crippen molar-refractivity contribution in [2.45, 2.75) is 64.9 Å². The molecule has 1 aliphatic heterocycles. The summed E-state index contributed by atoms with van der Waals surface area (Å²) in [5.41, 5.74) is 5.79. The molecule has 5 atom stereocenters. The topological polar surface area (TPSA) is 99.9 Å². The smallest absolute Gasteiger partial charge is 0.305 e. The molecule has 3 N–H and O–H groups in total. The van der Waals surface area contributed by atoms with E-state index in [4.69, 9.17) is 15.2 Å². The molecule has 0 aromatic rings. The van der Waals surface area contributed by atoms with Gasteiger partial charge in [-0.1, -0.05) is 20.3 Å². The highest BCUT2D eigenvalue weighted by molar-refractivity contribution is 5.73. The largest absolute Gasteiger partial charge is 0.469 e. The summed E-state index contributed by atoms with van der Waals surface area (Å²) in [6.07, 6.45) is 2.33. The highest BCUT2D eigenvalue weighted by atomic mass is 16.7. The number of ether oxygens (including phenoxy) is 3. The quantitative estimate of drug-likeness (QED) is 0.481. The van der Waals surface area contributed by atoms with Crippen LogP contribution in [0.4, 0.5) is 0 Å². The van der Waals surface area contributed by atoms with E-state index >= 15 is 0 Å². The summed E-state index contributed by atoms with van der Waals surface area (Å²) in [6, 6.07) is -0.185. The Labute approximate surface area is 144 Å². The Kier molecular flexibility index (Phi) is 9.25. The molecular formula is C17H32N2O5. The van der Waals surface area contributed by atoms with Gasteiger partial charge in [0, 0.05) is 26.5 Å². The summed E-state index contributed by atoms with van der Waals surface area (Å²) in [7, 11) is 1.39. The molecule has 5 unspecified atom stereocenters. The van der Waals surface area contributed by atoms with Crippen molar-refractivity contribution in [1.29, 1.82) is 0 Å². The Hall–Kier alpha value is -1.18. The molecule has 7 heteroatoms. The molecule has 0 bridgehead atoms. The standard InChI is InChI=1S/C17H32N2O5/c1-11-12(2)16(19-13(3)20)17(24-14(11)10-18)23-9-7-5-6-8-15(21)22-4/h11-12,14,16-17H,5-10,18H2,1-4H3,(H,19,20). The van der Waals surface area contributed by atoms with Crippen molar-refractivity contribution in [2.75, 3.05) is 20.3 Å². The summed E-state index contributed by atoms with van der Waals surface area (Å²) >= 11 is 0. The Balaban J connectivity index is 2.45. The van der Waals surface area contributed by atoms with Crippen LogP contribution >= 0.6 is 0 Å². The summed E-state index contributed by atoms with van der Waals surface area (Å²) in [6.45, 7) is 6.61. The third kappa shape index (κ3) is 6.37. The molecule has 0 saturated carbocycles. The van der Waals surface area contributed by atoms with Crippen LogP contribution in [0.5, 0.6) is 0 Å². The third-order valence-corrected chi connectivity index (χ3v) is 4.72. The number of rotatable bonds is 9. The van der Waals surface area contributed by atoms with Crippen molar-refractivity contribution in [3.63, 3.8) is 0 Å². The van der Waals surface area contributed by atoms with Gasteiger partial charge in [0.05, 0.1) is 19.3 Å². The minimum absolute atomic E-state index is 0.0747. The Morgan fingerprint density at radius 3 is 2.46 bits per heavy atom. The van der Waals surface area contributed by atoms with Gasteiger partial charge in [0.1, 0.15) is 0 Å². The van der Waals surface area contributed by atoms with Gasteiger partial charge in [0.15, 0.2) is 6.29 Å². The van der Waals surface area contributed by atoms with Gasteiger partial charge in [-0.15, -0.1) is 0 Å². The molecule has 1 fully saturated rings. The van der Waals surface area contributed by atoms with E-state index in [0.717, 1.165) is 19.3 Å². The van der Waals surface area contributed by atoms with Crippen molar-refractivity contribution >= 4 is 11.9 Å². The average Bonchev–Trinajstić information content (AvgIpc) is 2.56. The van der Waals surface area contributed by atoms with Crippen LogP contribution in [0.2, 0.25) is 0 Å². The van der Waals surface area contributed by atoms with Crippen LogP contribution in [-0.2, 0) is 23.8 Å². The number of esters is 1. The minimum atomic E-state index is -0.491. The lowest BCUT2D eigenvalue weighted by molar-refractivity contribution is -0.233. The number of methoxy groups -OCH3 is 1. The molecule has 0 aliphatic carbocycles. The molecule has 0 aromatic heterocycles. The number of carbonyl (C=O) groups excluding carboxylic acids is 2. The summed E-state index contributed by atoms with van der Waals surface area (Å²) in [5.74, 6) is 0.165. The SMILES string of the molecule is COC(=O)CCCCCOC1OC(CN)C(C)C(C)C1NC(C)=O. The van der Waals surface area contributed by atoms with E-state index in [9.17, 15) is 9.59 Å². The Bertz CT molecular complexity index is 404. The lowest BCUT2D eigenvalue weighted by Crippen LogP contribution is -2.58. The van der Waals surface area contributed by atoms with Crippen molar-refractivity contribution in [3.05, 3.63) is 0 Å². The molecule has 140 valence electrons. The van der Waals surface area contributed by atoms with Gasteiger partial charge >= 0.3 is 5.97 Å². The first-order valence-electron chi connectivity index (χ1n) is 8.71. The zero-order valence-corrected chi connectivity index (χ0v) is 15.2. The minimum Gasteiger partial charge on any atom is -0.469 e. The first-order valence-corrected chi connectivity index (χ1v) is 8.71. The van der Waals surface area contributed by atoms with E-state index in [1.807, 2.05) is 0 Å². The molecule has 24 heavy (non-hydrogen) atoms. The van der Waals surface area contributed by atoms with Crippen LogP contribution < -0.4 is 11.1 Å². The Morgan fingerprint density at radius 1 is 1.17 bits per heavy atom. The van der Waals surface area contributed by atoms with Crippen molar-refractivity contribution in [1.82, 2.24) is 5.32 Å². The van der Waals surface area contributed by atoms with Crippen LogP contribution in [0.3, 0.4) is 0 Å². The van der Waals surface area contributed by atoms with E-state index in [1.165, 1.54) is 14.0 Å². The normalized spacial score (nSPS) is 30.0. The predicted octanol–water partition coefficient (Wildman–Crippen LogP) is 1.20. The first-order chi connectivity index (χ1) is 11.4. The second-order valence-corrected chi connectivity index (χ2v) is 6.48. The van der Waals surface area contributed by atoms with Gasteiger partial charge in [-0.25, -0.2) is 0 Å². The molecule has 7 nitrogen and oxygen atoms in total. The van der Waals surface area contributed by atoms with E-state index in [2.05, 4.69) is 23.9 Å². The molecule has 1 rings (SSSR count). The second-order valence-electron chi connectivity index (χ2n) is 6.48. The fraction of sp³-hybridized carbons (Fsp3) is 0.882. The van der Waals surface area contributed by atoms with Gasteiger partial charge < -0.3 is 25.3 Å². The zero-order chi connectivity index (χ0) is 18.1. The van der Waals surface area contributed by atoms with Gasteiger partial charge in [-0.3, -0.25) is 9.59 Å². The lowest BCUT2D eigenvalue weighted by Gasteiger charge is -2.44. The maximum atomic E-state index is 11.5. The number of hydrogen-bond donors (Lipinski definition) is 2. The number of nitrogens with one attached hydrogen (secondary N) is 1. The van der Waals surface area contributed by atoms with E-state index in [-0.39, 0.29) is 35.9 Å². The molecule has 1 aliphatic rings. The van der Waals surface area contributed by atoms with Crippen LogP contribution in [0.15, 0.2) is 0 Å². The summed E-state index contributed by atoms with van der Waals surface area (Å²) in [4.78, 5) is 22.5. The number of amides is 1. The molecule has 1 saturated heterocycles. The molecule has 0 spiro atoms. The molecule has 1 heterocycles. The van der Waals surface area contributed by atoms with Crippen molar-refractivity contribution in [3.8, 4) is 0 Å². The predicted molar refractivity (Wildman–Crippen MR) is 90.1 cm³/mol. The highest BCUT2D eigenvalue weighted by Crippen LogP contribution is 2.31. The van der Waals surface area contributed by atoms with Crippen molar-refractivity contribution in [2.24, 2.45) is 17.6 Å². The number of nitrogens with two attached hydrogens (primary N) is 1. The van der Waals surface area contributed by atoms with E-state index < -0.39 is 6.29 Å². The molecular weight excluding hydrogens is 312 g/mol. The van der Waals surface area contributed by atoms with Crippen LogP contribution in [0.25, 0.3) is 0 Å². The maximum Gasteiger partial charge on any atom is 0.305 e. The molecule has 0 radical (unpaired) electrons. The maximum absolute atomic E-state index is 11.5. The number of unbranched alkanes of at least 4 members (excludes halogenated alkanes) is 2. The van der Waals surface area contributed by atoms with Crippen LogP contribution in [0.1, 0.15) is 46.5 Å². The second kappa shape index (κ2) is 10.6. The molecule has 0 aromatic carbocycles. The average molecular weight is 344 g/mol. The van der Waals surface area contributed by atoms with E-state index in [1.54, 1.807) is 0 Å². The van der Waals surface area contributed by atoms with Crippen LogP contribution in [0, 0.1) is 11.8 Å². The number of carbonyl (C=O) groups is 2. The third-order valence-electron chi connectivity index (χ3n) is 4.72. The van der Waals surface area contributed by atoms with Crippen LogP contribution in [-0.4, -0.2) is 50.6 Å². The van der Waals surface area contributed by atoms with Gasteiger partial charge in [-0.05, 0) is 24.7 Å². The zero-order valence-electron chi connectivity index (χ0n) is 15.2. The van der Waals surface area contributed by atoms with Gasteiger partial charge in [0.25, 0.3) is 0 Å². The Morgan fingerprint density at radius 2 is 1.88 bits per heavy atom.